The normalized spacial score (nSPS) is 26.8. The summed E-state index contributed by atoms with van der Waals surface area (Å²) in [6.07, 6.45) is 6.92. The predicted octanol–water partition coefficient (Wildman–Crippen LogP) is 3.45. The molecule has 2 unspecified atom stereocenters. The number of aromatic nitrogens is 3. The van der Waals surface area contributed by atoms with Crippen LogP contribution in [0.5, 0.6) is 0 Å². The van der Waals surface area contributed by atoms with E-state index in [1.54, 1.807) is 7.11 Å². The summed E-state index contributed by atoms with van der Waals surface area (Å²) in [7, 11) is 1.69. The van der Waals surface area contributed by atoms with Crippen LogP contribution in [0, 0.1) is 0 Å². The Morgan fingerprint density at radius 2 is 1.83 bits per heavy atom. The standard InChI is InChI=1S/C18H23ClN4O/c1-24-12-15-11-23(21-20-15)18-8-16-6-7-17(9-18)22(16)10-13-2-4-14(19)5-3-13/h2-5,11,16-18H,6-10,12H2,1H3. The Morgan fingerprint density at radius 1 is 1.12 bits per heavy atom. The molecule has 0 spiro atoms. The average molecular weight is 347 g/mol. The van der Waals surface area contributed by atoms with Crippen LogP contribution in [0.15, 0.2) is 30.5 Å². The molecule has 2 aliphatic heterocycles. The molecule has 5 nitrogen and oxygen atoms in total. The van der Waals surface area contributed by atoms with Crippen LogP contribution in [0.3, 0.4) is 0 Å². The summed E-state index contributed by atoms with van der Waals surface area (Å²) in [5.41, 5.74) is 2.26. The lowest BCUT2D eigenvalue weighted by atomic mass is 9.96. The van der Waals surface area contributed by atoms with E-state index < -0.39 is 0 Å². The Labute approximate surface area is 147 Å². The summed E-state index contributed by atoms with van der Waals surface area (Å²) >= 11 is 6.00. The van der Waals surface area contributed by atoms with Gasteiger partial charge in [-0.1, -0.05) is 28.9 Å². The van der Waals surface area contributed by atoms with Crippen molar-refractivity contribution >= 4 is 11.6 Å². The van der Waals surface area contributed by atoms with E-state index in [9.17, 15) is 0 Å². The number of rotatable bonds is 5. The van der Waals surface area contributed by atoms with Crippen molar-refractivity contribution < 1.29 is 4.74 Å². The first-order chi connectivity index (χ1) is 11.7. The predicted molar refractivity (Wildman–Crippen MR) is 92.8 cm³/mol. The number of methoxy groups -OCH3 is 1. The molecule has 1 aromatic heterocycles. The van der Waals surface area contributed by atoms with Gasteiger partial charge in [-0.05, 0) is 43.4 Å². The van der Waals surface area contributed by atoms with Crippen molar-refractivity contribution in [3.05, 3.63) is 46.7 Å². The van der Waals surface area contributed by atoms with E-state index in [0.29, 0.717) is 24.7 Å². The number of fused-ring (bicyclic) bond motifs is 2. The minimum absolute atomic E-state index is 0.460. The first kappa shape index (κ1) is 16.1. The molecule has 1 aromatic carbocycles. The Kier molecular flexibility index (Phi) is 4.57. The molecule has 3 heterocycles. The molecule has 0 aliphatic carbocycles. The first-order valence-corrected chi connectivity index (χ1v) is 9.00. The Bertz CT molecular complexity index is 673. The number of piperidine rings is 1. The molecule has 0 amide bonds. The van der Waals surface area contributed by atoms with Crippen LogP contribution in [0.2, 0.25) is 5.02 Å². The van der Waals surface area contributed by atoms with Crippen molar-refractivity contribution in [2.45, 2.75) is 57.0 Å². The van der Waals surface area contributed by atoms with Gasteiger partial charge in [-0.3, -0.25) is 4.90 Å². The second-order valence-electron chi connectivity index (χ2n) is 6.93. The summed E-state index contributed by atoms with van der Waals surface area (Å²) < 4.78 is 7.20. The van der Waals surface area contributed by atoms with Gasteiger partial charge >= 0.3 is 0 Å². The van der Waals surface area contributed by atoms with Gasteiger partial charge in [-0.25, -0.2) is 4.68 Å². The molecule has 2 fully saturated rings. The largest absolute Gasteiger partial charge is 0.378 e. The summed E-state index contributed by atoms with van der Waals surface area (Å²) in [6.45, 7) is 1.55. The lowest BCUT2D eigenvalue weighted by Crippen LogP contribution is -2.42. The van der Waals surface area contributed by atoms with Gasteiger partial charge in [0.1, 0.15) is 5.69 Å². The van der Waals surface area contributed by atoms with Crippen LogP contribution < -0.4 is 0 Å². The SMILES string of the molecule is COCc1cn(C2CC3CCC(C2)N3Cc2ccc(Cl)cc2)nn1. The molecule has 6 heteroatoms. The lowest BCUT2D eigenvalue weighted by molar-refractivity contribution is 0.0944. The van der Waals surface area contributed by atoms with Crippen molar-refractivity contribution in [2.75, 3.05) is 7.11 Å². The smallest absolute Gasteiger partial charge is 0.108 e. The number of halogens is 1. The van der Waals surface area contributed by atoms with Crippen LogP contribution in [0.1, 0.15) is 43.0 Å². The van der Waals surface area contributed by atoms with E-state index in [4.69, 9.17) is 16.3 Å². The molecule has 128 valence electrons. The summed E-state index contributed by atoms with van der Waals surface area (Å²) in [6, 6.07) is 9.99. The zero-order valence-corrected chi connectivity index (χ0v) is 14.7. The van der Waals surface area contributed by atoms with E-state index in [1.807, 2.05) is 18.3 Å². The lowest BCUT2D eigenvalue weighted by Gasteiger charge is -2.38. The Hall–Kier alpha value is -1.43. The summed E-state index contributed by atoms with van der Waals surface area (Å²) in [5, 5.41) is 9.34. The number of benzene rings is 1. The number of hydrogen-bond acceptors (Lipinski definition) is 4. The molecular formula is C18H23ClN4O. The Morgan fingerprint density at radius 3 is 2.50 bits per heavy atom. The fraction of sp³-hybridized carbons (Fsp3) is 0.556. The number of hydrogen-bond donors (Lipinski definition) is 0. The molecule has 24 heavy (non-hydrogen) atoms. The zero-order valence-electron chi connectivity index (χ0n) is 13.9. The summed E-state index contributed by atoms with van der Waals surface area (Å²) in [4.78, 5) is 2.67. The maximum absolute atomic E-state index is 6.00. The molecular weight excluding hydrogens is 324 g/mol. The summed E-state index contributed by atoms with van der Waals surface area (Å²) in [5.74, 6) is 0. The topological polar surface area (TPSA) is 43.2 Å². The second-order valence-corrected chi connectivity index (χ2v) is 7.37. The van der Waals surface area contributed by atoms with Gasteiger partial charge in [0.25, 0.3) is 0 Å². The van der Waals surface area contributed by atoms with Crippen molar-refractivity contribution in [1.29, 1.82) is 0 Å². The van der Waals surface area contributed by atoms with Crippen LogP contribution >= 0.6 is 11.6 Å². The fourth-order valence-corrected chi connectivity index (χ4v) is 4.35. The first-order valence-electron chi connectivity index (χ1n) is 8.63. The number of ether oxygens (including phenoxy) is 1. The molecule has 2 atom stereocenters. The van der Waals surface area contributed by atoms with Crippen molar-refractivity contribution in [1.82, 2.24) is 19.9 Å². The Balaban J connectivity index is 1.44. The van der Waals surface area contributed by atoms with Crippen molar-refractivity contribution in [3.63, 3.8) is 0 Å². The average Bonchev–Trinajstić information content (AvgIpc) is 3.12. The molecule has 0 N–H and O–H groups in total. The third-order valence-electron chi connectivity index (χ3n) is 5.36. The minimum Gasteiger partial charge on any atom is -0.378 e. The second kappa shape index (κ2) is 6.82. The van der Waals surface area contributed by atoms with Crippen LogP contribution in [0.25, 0.3) is 0 Å². The van der Waals surface area contributed by atoms with E-state index in [0.717, 1.165) is 30.1 Å². The molecule has 0 radical (unpaired) electrons. The maximum atomic E-state index is 6.00. The minimum atomic E-state index is 0.460. The van der Waals surface area contributed by atoms with Crippen LogP contribution in [-0.4, -0.2) is 39.1 Å². The van der Waals surface area contributed by atoms with Crippen LogP contribution in [-0.2, 0) is 17.9 Å². The molecule has 2 aromatic rings. The van der Waals surface area contributed by atoms with Crippen molar-refractivity contribution in [3.8, 4) is 0 Å². The van der Waals surface area contributed by atoms with Gasteiger partial charge in [0.15, 0.2) is 0 Å². The van der Waals surface area contributed by atoms with Crippen molar-refractivity contribution in [2.24, 2.45) is 0 Å². The van der Waals surface area contributed by atoms with Gasteiger partial charge in [-0.2, -0.15) is 0 Å². The molecule has 4 rings (SSSR count). The van der Waals surface area contributed by atoms with E-state index in [1.165, 1.54) is 18.4 Å². The third kappa shape index (κ3) is 3.21. The van der Waals surface area contributed by atoms with E-state index in [-0.39, 0.29) is 0 Å². The van der Waals surface area contributed by atoms with E-state index >= 15 is 0 Å². The van der Waals surface area contributed by atoms with E-state index in [2.05, 4.69) is 32.0 Å². The van der Waals surface area contributed by atoms with Gasteiger partial charge in [0, 0.05) is 30.8 Å². The third-order valence-corrected chi connectivity index (χ3v) is 5.61. The van der Waals surface area contributed by atoms with Crippen LogP contribution in [0.4, 0.5) is 0 Å². The molecule has 0 saturated carbocycles. The highest BCUT2D eigenvalue weighted by molar-refractivity contribution is 6.30. The monoisotopic (exact) mass is 346 g/mol. The van der Waals surface area contributed by atoms with Gasteiger partial charge in [0.2, 0.25) is 0 Å². The highest BCUT2D eigenvalue weighted by Crippen LogP contribution is 2.41. The number of nitrogens with zero attached hydrogens (tertiary/aromatic N) is 4. The highest BCUT2D eigenvalue weighted by Gasteiger charge is 2.41. The van der Waals surface area contributed by atoms with Gasteiger partial charge in [-0.15, -0.1) is 5.10 Å². The quantitative estimate of drug-likeness (QED) is 0.831. The molecule has 2 aliphatic rings. The molecule has 2 bridgehead atoms. The van der Waals surface area contributed by atoms with Gasteiger partial charge in [0.05, 0.1) is 18.8 Å². The fourth-order valence-electron chi connectivity index (χ4n) is 4.23. The molecule has 2 saturated heterocycles. The van der Waals surface area contributed by atoms with Gasteiger partial charge < -0.3 is 4.74 Å². The zero-order chi connectivity index (χ0) is 16.5. The highest BCUT2D eigenvalue weighted by atomic mass is 35.5. The maximum Gasteiger partial charge on any atom is 0.108 e.